The van der Waals surface area contributed by atoms with Crippen LogP contribution in [0.4, 0.5) is 0 Å². The normalized spacial score (nSPS) is 29.4. The Balaban J connectivity index is 2.09. The highest BCUT2D eigenvalue weighted by molar-refractivity contribution is 4.84. The van der Waals surface area contributed by atoms with Crippen molar-refractivity contribution in [3.8, 4) is 0 Å². The second-order valence-corrected chi connectivity index (χ2v) is 4.67. The van der Waals surface area contributed by atoms with Crippen LogP contribution >= 0.6 is 0 Å². The van der Waals surface area contributed by atoms with Gasteiger partial charge in [-0.25, -0.2) is 0 Å². The van der Waals surface area contributed by atoms with E-state index in [-0.39, 0.29) is 6.10 Å². The first-order valence-electron chi connectivity index (χ1n) is 6.18. The zero-order valence-electron chi connectivity index (χ0n) is 9.63. The third-order valence-electron chi connectivity index (χ3n) is 3.22. The van der Waals surface area contributed by atoms with Gasteiger partial charge in [0.15, 0.2) is 0 Å². The number of rotatable bonds is 6. The molecule has 1 saturated carbocycles. The Morgan fingerprint density at radius 3 is 2.71 bits per heavy atom. The summed E-state index contributed by atoms with van der Waals surface area (Å²) < 4.78 is 0. The van der Waals surface area contributed by atoms with Crippen molar-refractivity contribution in [1.29, 1.82) is 0 Å². The van der Waals surface area contributed by atoms with Crippen LogP contribution < -0.4 is 5.32 Å². The van der Waals surface area contributed by atoms with Crippen LogP contribution in [0.2, 0.25) is 0 Å². The van der Waals surface area contributed by atoms with Gasteiger partial charge < -0.3 is 10.4 Å². The Morgan fingerprint density at radius 1 is 1.36 bits per heavy atom. The summed E-state index contributed by atoms with van der Waals surface area (Å²) in [5, 5.41) is 13.2. The zero-order valence-corrected chi connectivity index (χ0v) is 9.63. The van der Waals surface area contributed by atoms with Crippen molar-refractivity contribution in [1.82, 2.24) is 5.32 Å². The lowest BCUT2D eigenvalue weighted by atomic mass is 10.1. The maximum atomic E-state index is 9.65. The highest BCUT2D eigenvalue weighted by Gasteiger charge is 2.25. The maximum absolute atomic E-state index is 9.65. The third-order valence-corrected chi connectivity index (χ3v) is 3.22. The number of unbranched alkanes of at least 4 members (excludes halogenated alkanes) is 2. The Labute approximate surface area is 88.1 Å². The third kappa shape index (κ3) is 3.97. The van der Waals surface area contributed by atoms with Crippen molar-refractivity contribution < 1.29 is 5.11 Å². The molecule has 0 aromatic rings. The number of nitrogens with one attached hydrogen (secondary N) is 1. The van der Waals surface area contributed by atoms with E-state index in [1.54, 1.807) is 0 Å². The van der Waals surface area contributed by atoms with Crippen molar-refractivity contribution in [2.45, 2.75) is 77.0 Å². The molecule has 0 saturated heterocycles. The molecule has 0 radical (unpaired) electrons. The van der Waals surface area contributed by atoms with Crippen molar-refractivity contribution in [3.05, 3.63) is 0 Å². The molecule has 3 unspecified atom stereocenters. The molecule has 0 spiro atoms. The van der Waals surface area contributed by atoms with Crippen LogP contribution in [-0.4, -0.2) is 23.3 Å². The number of aliphatic hydroxyl groups is 1. The SMILES string of the molecule is CCCCCC(C)NC1CCCC1O. The molecule has 2 nitrogen and oxygen atoms in total. The van der Waals surface area contributed by atoms with E-state index in [0.29, 0.717) is 12.1 Å². The molecule has 0 aromatic heterocycles. The van der Waals surface area contributed by atoms with E-state index in [2.05, 4.69) is 19.2 Å². The molecule has 2 N–H and O–H groups in total. The van der Waals surface area contributed by atoms with Gasteiger partial charge in [0, 0.05) is 12.1 Å². The standard InChI is InChI=1S/C12H25NO/c1-3-4-5-7-10(2)13-11-8-6-9-12(11)14/h10-14H,3-9H2,1-2H3. The van der Waals surface area contributed by atoms with Gasteiger partial charge in [0.25, 0.3) is 0 Å². The van der Waals surface area contributed by atoms with Gasteiger partial charge in [-0.1, -0.05) is 26.2 Å². The molecule has 2 heteroatoms. The first kappa shape index (κ1) is 12.0. The van der Waals surface area contributed by atoms with Crippen LogP contribution in [0, 0.1) is 0 Å². The fourth-order valence-corrected chi connectivity index (χ4v) is 2.28. The summed E-state index contributed by atoms with van der Waals surface area (Å²) in [6, 6.07) is 0.936. The number of hydrogen-bond acceptors (Lipinski definition) is 2. The van der Waals surface area contributed by atoms with Crippen LogP contribution in [0.5, 0.6) is 0 Å². The minimum absolute atomic E-state index is 0.0939. The fraction of sp³-hybridized carbons (Fsp3) is 1.00. The molecule has 3 atom stereocenters. The van der Waals surface area contributed by atoms with Crippen LogP contribution in [0.1, 0.15) is 58.8 Å². The molecule has 1 fully saturated rings. The predicted octanol–water partition coefficient (Wildman–Crippen LogP) is 2.46. The van der Waals surface area contributed by atoms with Crippen molar-refractivity contribution in [2.75, 3.05) is 0 Å². The minimum atomic E-state index is -0.0939. The quantitative estimate of drug-likeness (QED) is 0.644. The highest BCUT2D eigenvalue weighted by Crippen LogP contribution is 2.19. The Hall–Kier alpha value is -0.0800. The molecular weight excluding hydrogens is 174 g/mol. The fourth-order valence-electron chi connectivity index (χ4n) is 2.28. The Bertz CT molecular complexity index is 149. The van der Waals surface area contributed by atoms with Crippen molar-refractivity contribution >= 4 is 0 Å². The van der Waals surface area contributed by atoms with Crippen LogP contribution in [-0.2, 0) is 0 Å². The lowest BCUT2D eigenvalue weighted by molar-refractivity contribution is 0.143. The highest BCUT2D eigenvalue weighted by atomic mass is 16.3. The monoisotopic (exact) mass is 199 g/mol. The average Bonchev–Trinajstić information content (AvgIpc) is 2.52. The summed E-state index contributed by atoms with van der Waals surface area (Å²) in [6.45, 7) is 4.47. The molecule has 0 heterocycles. The summed E-state index contributed by atoms with van der Waals surface area (Å²) in [6.07, 6.45) is 8.41. The predicted molar refractivity (Wildman–Crippen MR) is 60.4 cm³/mol. The van der Waals surface area contributed by atoms with E-state index in [1.165, 1.54) is 32.1 Å². The molecule has 0 bridgehead atoms. The molecular formula is C12H25NO. The van der Waals surface area contributed by atoms with Crippen molar-refractivity contribution in [2.24, 2.45) is 0 Å². The van der Waals surface area contributed by atoms with Gasteiger partial charge in [-0.15, -0.1) is 0 Å². The smallest absolute Gasteiger partial charge is 0.0693 e. The second-order valence-electron chi connectivity index (χ2n) is 4.67. The van der Waals surface area contributed by atoms with Gasteiger partial charge in [0.1, 0.15) is 0 Å². The van der Waals surface area contributed by atoms with E-state index in [4.69, 9.17) is 0 Å². The minimum Gasteiger partial charge on any atom is -0.392 e. The van der Waals surface area contributed by atoms with Gasteiger partial charge in [0.2, 0.25) is 0 Å². The summed E-state index contributed by atoms with van der Waals surface area (Å²) in [5.41, 5.74) is 0. The summed E-state index contributed by atoms with van der Waals surface area (Å²) in [7, 11) is 0. The molecule has 14 heavy (non-hydrogen) atoms. The summed E-state index contributed by atoms with van der Waals surface area (Å²) >= 11 is 0. The van der Waals surface area contributed by atoms with E-state index in [0.717, 1.165) is 12.8 Å². The maximum Gasteiger partial charge on any atom is 0.0693 e. The van der Waals surface area contributed by atoms with Gasteiger partial charge in [-0.05, 0) is 32.6 Å². The molecule has 84 valence electrons. The lowest BCUT2D eigenvalue weighted by Gasteiger charge is -2.21. The van der Waals surface area contributed by atoms with Crippen molar-refractivity contribution in [3.63, 3.8) is 0 Å². The number of aliphatic hydroxyl groups excluding tert-OH is 1. The zero-order chi connectivity index (χ0) is 10.4. The van der Waals surface area contributed by atoms with E-state index < -0.39 is 0 Å². The second kappa shape index (κ2) is 6.41. The van der Waals surface area contributed by atoms with Crippen LogP contribution in [0.15, 0.2) is 0 Å². The lowest BCUT2D eigenvalue weighted by Crippen LogP contribution is -2.41. The van der Waals surface area contributed by atoms with Crippen LogP contribution in [0.3, 0.4) is 0 Å². The van der Waals surface area contributed by atoms with Gasteiger partial charge >= 0.3 is 0 Å². The molecule has 1 rings (SSSR count). The van der Waals surface area contributed by atoms with E-state index >= 15 is 0 Å². The summed E-state index contributed by atoms with van der Waals surface area (Å²) in [4.78, 5) is 0. The van der Waals surface area contributed by atoms with Gasteiger partial charge in [-0.3, -0.25) is 0 Å². The summed E-state index contributed by atoms with van der Waals surface area (Å²) in [5.74, 6) is 0. The molecule has 1 aliphatic carbocycles. The van der Waals surface area contributed by atoms with Gasteiger partial charge in [-0.2, -0.15) is 0 Å². The molecule has 1 aliphatic rings. The average molecular weight is 199 g/mol. The molecule has 0 amide bonds. The van der Waals surface area contributed by atoms with Gasteiger partial charge in [0.05, 0.1) is 6.10 Å². The molecule has 0 aromatic carbocycles. The van der Waals surface area contributed by atoms with Crippen LogP contribution in [0.25, 0.3) is 0 Å². The van der Waals surface area contributed by atoms with E-state index in [9.17, 15) is 5.11 Å². The first-order chi connectivity index (χ1) is 6.74. The number of hydrogen-bond donors (Lipinski definition) is 2. The largest absolute Gasteiger partial charge is 0.392 e. The first-order valence-corrected chi connectivity index (χ1v) is 6.18. The molecule has 0 aliphatic heterocycles. The van der Waals surface area contributed by atoms with E-state index in [1.807, 2.05) is 0 Å². The Morgan fingerprint density at radius 2 is 2.14 bits per heavy atom. The Kier molecular flexibility index (Phi) is 5.49. The topological polar surface area (TPSA) is 32.3 Å².